The lowest BCUT2D eigenvalue weighted by molar-refractivity contribution is 0.104. The van der Waals surface area contributed by atoms with Crippen molar-refractivity contribution in [1.82, 2.24) is 0 Å². The largest absolute Gasteiger partial charge is 0.494 e. The van der Waals surface area contributed by atoms with E-state index in [1.165, 1.54) is 13.0 Å². The summed E-state index contributed by atoms with van der Waals surface area (Å²) in [6, 6.07) is 13.9. The quantitative estimate of drug-likeness (QED) is 0.268. The highest BCUT2D eigenvalue weighted by Gasteiger charge is 2.03. The SMILES string of the molecule is CCF.O=C(C=Cc1ccc(OCF)cc1)c1ccc(OCCCCCCO)cc1. The van der Waals surface area contributed by atoms with E-state index in [0.29, 0.717) is 17.9 Å². The standard InChI is InChI=1S/C22H25FO4.C2H5F/c23-17-27-21-10-5-18(6-11-21)7-14-22(25)19-8-12-20(13-9-19)26-16-4-2-1-3-15-24;1-2-3/h5-14,24H,1-4,15-17H2;2H2,1H3. The molecule has 0 radical (unpaired) electrons. The predicted octanol–water partition coefficient (Wildman–Crippen LogP) is 5.80. The van der Waals surface area contributed by atoms with Gasteiger partial charge in [0.25, 0.3) is 0 Å². The molecule has 0 bridgehead atoms. The van der Waals surface area contributed by atoms with Crippen LogP contribution >= 0.6 is 0 Å². The number of hydrogen-bond donors (Lipinski definition) is 1. The van der Waals surface area contributed by atoms with Crippen molar-refractivity contribution >= 4 is 11.9 Å². The molecule has 0 aliphatic heterocycles. The lowest BCUT2D eigenvalue weighted by Crippen LogP contribution is -1.99. The summed E-state index contributed by atoms with van der Waals surface area (Å²) in [5.74, 6) is 1.08. The molecule has 6 heteroatoms. The number of unbranched alkanes of at least 4 members (excludes halogenated alkanes) is 3. The number of alkyl halides is 2. The lowest BCUT2D eigenvalue weighted by atomic mass is 10.1. The van der Waals surface area contributed by atoms with Crippen molar-refractivity contribution in [3.8, 4) is 11.5 Å². The van der Waals surface area contributed by atoms with Crippen LogP contribution in [0, 0.1) is 0 Å². The van der Waals surface area contributed by atoms with Gasteiger partial charge < -0.3 is 14.6 Å². The number of carbonyl (C=O) groups excluding carboxylic acids is 1. The summed E-state index contributed by atoms with van der Waals surface area (Å²) in [4.78, 5) is 12.2. The van der Waals surface area contributed by atoms with Crippen LogP contribution in [-0.2, 0) is 0 Å². The van der Waals surface area contributed by atoms with Crippen molar-refractivity contribution in [2.75, 3.05) is 26.7 Å². The van der Waals surface area contributed by atoms with Crippen LogP contribution in [-0.4, -0.2) is 37.6 Å². The zero-order valence-corrected chi connectivity index (χ0v) is 17.4. The molecule has 2 aromatic carbocycles. The van der Waals surface area contributed by atoms with Gasteiger partial charge in [0.1, 0.15) is 11.5 Å². The molecule has 2 rings (SSSR count). The van der Waals surface area contributed by atoms with Gasteiger partial charge in [0.2, 0.25) is 6.86 Å². The minimum absolute atomic E-state index is 0.102. The van der Waals surface area contributed by atoms with Gasteiger partial charge in [-0.05, 0) is 74.2 Å². The Morgan fingerprint density at radius 1 is 0.900 bits per heavy atom. The molecule has 0 atom stereocenters. The average Bonchev–Trinajstić information content (AvgIpc) is 2.77. The van der Waals surface area contributed by atoms with Crippen LogP contribution in [0.2, 0.25) is 0 Å². The van der Waals surface area contributed by atoms with E-state index in [4.69, 9.17) is 14.6 Å². The minimum Gasteiger partial charge on any atom is -0.494 e. The van der Waals surface area contributed by atoms with Gasteiger partial charge >= 0.3 is 0 Å². The van der Waals surface area contributed by atoms with Crippen molar-refractivity contribution in [1.29, 1.82) is 0 Å². The molecule has 0 spiro atoms. The molecule has 0 aliphatic carbocycles. The Labute approximate surface area is 177 Å². The maximum Gasteiger partial charge on any atom is 0.228 e. The summed E-state index contributed by atoms with van der Waals surface area (Å²) in [5, 5.41) is 8.72. The molecular formula is C24H30F2O4. The molecule has 30 heavy (non-hydrogen) atoms. The number of halogens is 2. The fourth-order valence-electron chi connectivity index (χ4n) is 2.48. The van der Waals surface area contributed by atoms with Crippen LogP contribution < -0.4 is 9.47 Å². The van der Waals surface area contributed by atoms with Crippen molar-refractivity contribution in [2.45, 2.75) is 32.6 Å². The van der Waals surface area contributed by atoms with Crippen molar-refractivity contribution < 1.29 is 28.2 Å². The lowest BCUT2D eigenvalue weighted by Gasteiger charge is -2.06. The van der Waals surface area contributed by atoms with Gasteiger partial charge in [0.05, 0.1) is 13.3 Å². The summed E-state index contributed by atoms with van der Waals surface area (Å²) in [6.45, 7) is 1.21. The highest BCUT2D eigenvalue weighted by Crippen LogP contribution is 2.16. The molecule has 0 unspecified atom stereocenters. The molecular weight excluding hydrogens is 390 g/mol. The summed E-state index contributed by atoms with van der Waals surface area (Å²) < 4.78 is 32.8. The van der Waals surface area contributed by atoms with Gasteiger partial charge in [-0.1, -0.05) is 24.6 Å². The summed E-state index contributed by atoms with van der Waals surface area (Å²) in [7, 11) is 0. The number of aliphatic hydroxyl groups is 1. The smallest absolute Gasteiger partial charge is 0.228 e. The Morgan fingerprint density at radius 2 is 1.47 bits per heavy atom. The van der Waals surface area contributed by atoms with Crippen LogP contribution in [0.1, 0.15) is 48.5 Å². The molecule has 0 saturated carbocycles. The molecule has 2 aromatic rings. The molecule has 0 amide bonds. The maximum atomic E-state index is 12.2. The Kier molecular flexibility index (Phi) is 13.6. The number of hydrogen-bond acceptors (Lipinski definition) is 4. The number of benzene rings is 2. The number of carbonyl (C=O) groups is 1. The van der Waals surface area contributed by atoms with E-state index in [2.05, 4.69) is 0 Å². The molecule has 0 heterocycles. The molecule has 0 fully saturated rings. The highest BCUT2D eigenvalue weighted by molar-refractivity contribution is 6.06. The van der Waals surface area contributed by atoms with E-state index >= 15 is 0 Å². The fourth-order valence-corrected chi connectivity index (χ4v) is 2.48. The number of allylic oxidation sites excluding steroid dienone is 1. The van der Waals surface area contributed by atoms with Gasteiger partial charge in [-0.2, -0.15) is 0 Å². The Morgan fingerprint density at radius 3 is 2.07 bits per heavy atom. The van der Waals surface area contributed by atoms with Crippen LogP contribution in [0.5, 0.6) is 11.5 Å². The third-order valence-electron chi connectivity index (χ3n) is 3.99. The summed E-state index contributed by atoms with van der Waals surface area (Å²) in [5.41, 5.74) is 1.41. The van der Waals surface area contributed by atoms with E-state index in [0.717, 1.165) is 37.0 Å². The second-order valence-electron chi connectivity index (χ2n) is 6.30. The van der Waals surface area contributed by atoms with Gasteiger partial charge in [-0.15, -0.1) is 0 Å². The third-order valence-corrected chi connectivity index (χ3v) is 3.99. The number of aliphatic hydroxyl groups excluding tert-OH is 1. The first kappa shape index (κ1) is 25.3. The van der Waals surface area contributed by atoms with E-state index in [1.807, 2.05) is 0 Å². The minimum atomic E-state index is -0.864. The number of ether oxygens (including phenoxy) is 2. The number of rotatable bonds is 12. The van der Waals surface area contributed by atoms with Crippen molar-refractivity contribution in [2.24, 2.45) is 0 Å². The van der Waals surface area contributed by atoms with Crippen molar-refractivity contribution in [3.05, 3.63) is 65.7 Å². The normalized spacial score (nSPS) is 10.4. The van der Waals surface area contributed by atoms with Crippen LogP contribution in [0.4, 0.5) is 8.78 Å². The topological polar surface area (TPSA) is 55.8 Å². The molecule has 4 nitrogen and oxygen atoms in total. The van der Waals surface area contributed by atoms with E-state index in [9.17, 15) is 13.6 Å². The maximum absolute atomic E-state index is 12.2. The average molecular weight is 420 g/mol. The Bertz CT molecular complexity index is 728. The van der Waals surface area contributed by atoms with Crippen molar-refractivity contribution in [3.63, 3.8) is 0 Å². The second kappa shape index (κ2) is 16.1. The van der Waals surface area contributed by atoms with Crippen LogP contribution in [0.25, 0.3) is 6.08 Å². The first-order valence-electron chi connectivity index (χ1n) is 10.1. The summed E-state index contributed by atoms with van der Waals surface area (Å²) >= 11 is 0. The first-order chi connectivity index (χ1) is 14.6. The summed E-state index contributed by atoms with van der Waals surface area (Å²) in [6.07, 6.45) is 7.02. The molecule has 0 aliphatic rings. The Hall–Kier alpha value is -2.73. The second-order valence-corrected chi connectivity index (χ2v) is 6.30. The van der Waals surface area contributed by atoms with E-state index < -0.39 is 6.86 Å². The first-order valence-corrected chi connectivity index (χ1v) is 10.1. The van der Waals surface area contributed by atoms with Crippen LogP contribution in [0.15, 0.2) is 54.6 Å². The third kappa shape index (κ3) is 10.7. The van der Waals surface area contributed by atoms with Gasteiger partial charge in [-0.25, -0.2) is 4.39 Å². The molecule has 0 saturated heterocycles. The highest BCUT2D eigenvalue weighted by atomic mass is 19.1. The molecule has 164 valence electrons. The monoisotopic (exact) mass is 420 g/mol. The molecule has 1 N–H and O–H groups in total. The predicted molar refractivity (Wildman–Crippen MR) is 116 cm³/mol. The van der Waals surface area contributed by atoms with Gasteiger partial charge in [0, 0.05) is 12.2 Å². The zero-order valence-electron chi connectivity index (χ0n) is 17.4. The molecule has 0 aromatic heterocycles. The number of ketones is 1. The Balaban J connectivity index is 0.00000141. The van der Waals surface area contributed by atoms with Gasteiger partial charge in [-0.3, -0.25) is 9.18 Å². The van der Waals surface area contributed by atoms with Gasteiger partial charge in [0.15, 0.2) is 5.78 Å². The zero-order chi connectivity index (χ0) is 22.0. The van der Waals surface area contributed by atoms with E-state index in [1.54, 1.807) is 54.6 Å². The fraction of sp³-hybridized carbons (Fsp3) is 0.375. The van der Waals surface area contributed by atoms with E-state index in [-0.39, 0.29) is 19.1 Å². The van der Waals surface area contributed by atoms with Crippen LogP contribution in [0.3, 0.4) is 0 Å².